The number of anilines is 1. The standard InChI is InChI=1S/C21H23NO2/c1-2-23-13-14-24-19-10-5-7-17(15-19)16-22-21-12-6-9-18-8-3-4-11-20(18)21/h3-12,15,22H,2,13-14,16H2,1H3. The summed E-state index contributed by atoms with van der Waals surface area (Å²) in [5.74, 6) is 0.881. The Labute approximate surface area is 143 Å². The Balaban J connectivity index is 1.63. The molecule has 3 aromatic rings. The lowest BCUT2D eigenvalue weighted by molar-refractivity contribution is 0.110. The molecule has 124 valence electrons. The Hall–Kier alpha value is -2.52. The van der Waals surface area contributed by atoms with Gasteiger partial charge in [0.15, 0.2) is 0 Å². The first kappa shape index (κ1) is 16.3. The summed E-state index contributed by atoms with van der Waals surface area (Å²) in [6, 6.07) is 22.9. The summed E-state index contributed by atoms with van der Waals surface area (Å²) in [6.07, 6.45) is 0. The van der Waals surface area contributed by atoms with Gasteiger partial charge in [-0.15, -0.1) is 0 Å². The van der Waals surface area contributed by atoms with Gasteiger partial charge >= 0.3 is 0 Å². The predicted molar refractivity (Wildman–Crippen MR) is 99.7 cm³/mol. The maximum Gasteiger partial charge on any atom is 0.119 e. The first-order valence-corrected chi connectivity index (χ1v) is 8.38. The molecule has 0 aliphatic carbocycles. The van der Waals surface area contributed by atoms with Crippen LogP contribution in [0, 0.1) is 0 Å². The van der Waals surface area contributed by atoms with Gasteiger partial charge in [0, 0.05) is 24.2 Å². The number of ether oxygens (including phenoxy) is 2. The lowest BCUT2D eigenvalue weighted by atomic mass is 10.1. The average molecular weight is 321 g/mol. The topological polar surface area (TPSA) is 30.5 Å². The van der Waals surface area contributed by atoms with Gasteiger partial charge in [0.25, 0.3) is 0 Å². The molecule has 3 heteroatoms. The van der Waals surface area contributed by atoms with Crippen LogP contribution in [0.25, 0.3) is 10.8 Å². The molecule has 0 aromatic heterocycles. The Morgan fingerprint density at radius 3 is 2.62 bits per heavy atom. The maximum atomic E-state index is 5.72. The Morgan fingerprint density at radius 1 is 0.875 bits per heavy atom. The number of nitrogens with one attached hydrogen (secondary N) is 1. The molecule has 0 saturated heterocycles. The SMILES string of the molecule is CCOCCOc1cccc(CNc2cccc3ccccc23)c1. The van der Waals surface area contributed by atoms with Crippen molar-refractivity contribution in [2.24, 2.45) is 0 Å². The van der Waals surface area contributed by atoms with Crippen LogP contribution in [0.2, 0.25) is 0 Å². The lowest BCUT2D eigenvalue weighted by Gasteiger charge is -2.11. The fourth-order valence-corrected chi connectivity index (χ4v) is 2.68. The third-order valence-corrected chi connectivity index (χ3v) is 3.87. The largest absolute Gasteiger partial charge is 0.491 e. The van der Waals surface area contributed by atoms with E-state index in [4.69, 9.17) is 9.47 Å². The second-order valence-electron chi connectivity index (χ2n) is 5.57. The van der Waals surface area contributed by atoms with Crippen molar-refractivity contribution in [2.45, 2.75) is 13.5 Å². The summed E-state index contributed by atoms with van der Waals surface area (Å²) in [6.45, 7) is 4.66. The molecule has 0 saturated carbocycles. The minimum absolute atomic E-state index is 0.577. The van der Waals surface area contributed by atoms with E-state index in [0.717, 1.165) is 24.6 Å². The van der Waals surface area contributed by atoms with Gasteiger partial charge in [-0.05, 0) is 36.1 Å². The fraction of sp³-hybridized carbons (Fsp3) is 0.238. The number of rotatable bonds is 8. The van der Waals surface area contributed by atoms with Crippen LogP contribution >= 0.6 is 0 Å². The van der Waals surface area contributed by atoms with Crippen LogP contribution in [-0.4, -0.2) is 19.8 Å². The summed E-state index contributed by atoms with van der Waals surface area (Å²) >= 11 is 0. The second kappa shape index (κ2) is 8.37. The monoisotopic (exact) mass is 321 g/mol. The zero-order valence-electron chi connectivity index (χ0n) is 14.0. The highest BCUT2D eigenvalue weighted by Gasteiger charge is 2.01. The molecule has 0 bridgehead atoms. The molecule has 0 spiro atoms. The molecule has 0 atom stereocenters. The lowest BCUT2D eigenvalue weighted by Crippen LogP contribution is -2.06. The zero-order valence-corrected chi connectivity index (χ0v) is 14.0. The third-order valence-electron chi connectivity index (χ3n) is 3.87. The van der Waals surface area contributed by atoms with Crippen LogP contribution in [0.3, 0.4) is 0 Å². The summed E-state index contributed by atoms with van der Waals surface area (Å²) in [7, 11) is 0. The smallest absolute Gasteiger partial charge is 0.119 e. The van der Waals surface area contributed by atoms with Gasteiger partial charge in [-0.1, -0.05) is 48.5 Å². The molecule has 0 aliphatic heterocycles. The van der Waals surface area contributed by atoms with Crippen LogP contribution in [-0.2, 0) is 11.3 Å². The van der Waals surface area contributed by atoms with Crippen molar-refractivity contribution in [3.8, 4) is 5.75 Å². The van der Waals surface area contributed by atoms with E-state index in [1.54, 1.807) is 0 Å². The van der Waals surface area contributed by atoms with Crippen molar-refractivity contribution >= 4 is 16.5 Å². The Kier molecular flexibility index (Phi) is 5.70. The van der Waals surface area contributed by atoms with Gasteiger partial charge in [-0.25, -0.2) is 0 Å². The fourth-order valence-electron chi connectivity index (χ4n) is 2.68. The molecule has 0 radical (unpaired) electrons. The van der Waals surface area contributed by atoms with E-state index >= 15 is 0 Å². The normalized spacial score (nSPS) is 10.7. The second-order valence-corrected chi connectivity index (χ2v) is 5.57. The quantitative estimate of drug-likeness (QED) is 0.601. The summed E-state index contributed by atoms with van der Waals surface area (Å²) in [5, 5.41) is 6.01. The van der Waals surface area contributed by atoms with Gasteiger partial charge < -0.3 is 14.8 Å². The third kappa shape index (κ3) is 4.27. The molecular formula is C21H23NO2. The van der Waals surface area contributed by atoms with Crippen molar-refractivity contribution in [3.05, 3.63) is 72.3 Å². The molecule has 1 N–H and O–H groups in total. The highest BCUT2D eigenvalue weighted by atomic mass is 16.5. The highest BCUT2D eigenvalue weighted by Crippen LogP contribution is 2.24. The number of hydrogen-bond donors (Lipinski definition) is 1. The number of benzene rings is 3. The summed E-state index contributed by atoms with van der Waals surface area (Å²) in [5.41, 5.74) is 2.34. The molecule has 0 fully saturated rings. The van der Waals surface area contributed by atoms with E-state index in [2.05, 4.69) is 59.9 Å². The van der Waals surface area contributed by atoms with Crippen molar-refractivity contribution in [1.82, 2.24) is 0 Å². The van der Waals surface area contributed by atoms with Crippen LogP contribution in [0.4, 0.5) is 5.69 Å². The molecule has 3 rings (SSSR count). The van der Waals surface area contributed by atoms with Gasteiger partial charge in [0.2, 0.25) is 0 Å². The van der Waals surface area contributed by atoms with E-state index in [1.165, 1.54) is 16.3 Å². The molecule has 0 unspecified atom stereocenters. The maximum absolute atomic E-state index is 5.72. The minimum Gasteiger partial charge on any atom is -0.491 e. The van der Waals surface area contributed by atoms with Crippen molar-refractivity contribution in [1.29, 1.82) is 0 Å². The minimum atomic E-state index is 0.577. The van der Waals surface area contributed by atoms with E-state index in [1.807, 2.05) is 19.1 Å². The van der Waals surface area contributed by atoms with Crippen LogP contribution < -0.4 is 10.1 Å². The number of fused-ring (bicyclic) bond motifs is 1. The number of hydrogen-bond acceptors (Lipinski definition) is 3. The molecular weight excluding hydrogens is 298 g/mol. The first-order valence-electron chi connectivity index (χ1n) is 8.38. The van der Waals surface area contributed by atoms with Crippen LogP contribution in [0.5, 0.6) is 5.75 Å². The van der Waals surface area contributed by atoms with Gasteiger partial charge in [-0.2, -0.15) is 0 Å². The van der Waals surface area contributed by atoms with Gasteiger partial charge in [-0.3, -0.25) is 0 Å². The molecule has 24 heavy (non-hydrogen) atoms. The van der Waals surface area contributed by atoms with Gasteiger partial charge in [0.1, 0.15) is 12.4 Å². The molecule has 3 aromatic carbocycles. The Bertz CT molecular complexity index is 780. The average Bonchev–Trinajstić information content (AvgIpc) is 2.64. The van der Waals surface area contributed by atoms with Crippen molar-refractivity contribution < 1.29 is 9.47 Å². The Morgan fingerprint density at radius 2 is 1.71 bits per heavy atom. The predicted octanol–water partition coefficient (Wildman–Crippen LogP) is 4.87. The highest BCUT2D eigenvalue weighted by molar-refractivity contribution is 5.93. The van der Waals surface area contributed by atoms with E-state index in [-0.39, 0.29) is 0 Å². The van der Waals surface area contributed by atoms with Crippen molar-refractivity contribution in [2.75, 3.05) is 25.1 Å². The van der Waals surface area contributed by atoms with Crippen LogP contribution in [0.1, 0.15) is 12.5 Å². The first-order chi connectivity index (χ1) is 11.9. The molecule has 0 aliphatic rings. The van der Waals surface area contributed by atoms with Crippen molar-refractivity contribution in [3.63, 3.8) is 0 Å². The molecule has 0 amide bonds. The summed E-state index contributed by atoms with van der Waals surface area (Å²) in [4.78, 5) is 0. The van der Waals surface area contributed by atoms with E-state index in [0.29, 0.717) is 13.2 Å². The molecule has 3 nitrogen and oxygen atoms in total. The van der Waals surface area contributed by atoms with Gasteiger partial charge in [0.05, 0.1) is 6.61 Å². The zero-order chi connectivity index (χ0) is 16.6. The molecule has 0 heterocycles. The summed E-state index contributed by atoms with van der Waals surface area (Å²) < 4.78 is 11.0. The van der Waals surface area contributed by atoms with E-state index in [9.17, 15) is 0 Å². The van der Waals surface area contributed by atoms with Crippen LogP contribution in [0.15, 0.2) is 66.7 Å². The van der Waals surface area contributed by atoms with E-state index < -0.39 is 0 Å².